The topological polar surface area (TPSA) is 114 Å². The standard InChI is InChI=1S/C23H16N2O6S2/c26-21-20(13-17-10-11-19(31-17)15-6-8-16(9-7-15)25(29)30)33-23(32)24(21)18(22(27)28)12-14-4-2-1-3-5-14/h1-11,13,18H,12H2,(H,27,28)/b20-13+. The van der Waals surface area contributed by atoms with E-state index >= 15 is 0 Å². The summed E-state index contributed by atoms with van der Waals surface area (Å²) in [7, 11) is 0. The maximum atomic E-state index is 13.0. The van der Waals surface area contributed by atoms with Crippen LogP contribution in [0.4, 0.5) is 5.69 Å². The number of carbonyl (C=O) groups is 2. The van der Waals surface area contributed by atoms with Crippen molar-refractivity contribution in [1.29, 1.82) is 0 Å². The van der Waals surface area contributed by atoms with E-state index in [0.29, 0.717) is 17.1 Å². The minimum Gasteiger partial charge on any atom is -0.480 e. The molecular formula is C23H16N2O6S2. The van der Waals surface area contributed by atoms with Gasteiger partial charge in [-0.2, -0.15) is 0 Å². The first kappa shape index (κ1) is 22.4. The number of non-ortho nitro benzene ring substituents is 1. The van der Waals surface area contributed by atoms with Crippen LogP contribution >= 0.6 is 24.0 Å². The van der Waals surface area contributed by atoms with E-state index in [4.69, 9.17) is 16.6 Å². The fourth-order valence-corrected chi connectivity index (χ4v) is 4.67. The van der Waals surface area contributed by atoms with Crippen molar-refractivity contribution in [2.24, 2.45) is 0 Å². The first-order valence-corrected chi connectivity index (χ1v) is 10.9. The van der Waals surface area contributed by atoms with Crippen molar-refractivity contribution in [3.63, 3.8) is 0 Å². The Morgan fingerprint density at radius 3 is 2.48 bits per heavy atom. The average Bonchev–Trinajstić information content (AvgIpc) is 3.37. The number of thioether (sulfide) groups is 1. The van der Waals surface area contributed by atoms with Crippen molar-refractivity contribution in [3.8, 4) is 11.3 Å². The average molecular weight is 481 g/mol. The number of nitrogens with zero attached hydrogens (tertiary/aromatic N) is 2. The molecule has 1 amide bonds. The summed E-state index contributed by atoms with van der Waals surface area (Å²) >= 11 is 6.33. The molecule has 1 N–H and O–H groups in total. The smallest absolute Gasteiger partial charge is 0.327 e. The van der Waals surface area contributed by atoms with Crippen molar-refractivity contribution in [1.82, 2.24) is 4.90 Å². The Morgan fingerprint density at radius 2 is 1.85 bits per heavy atom. The molecule has 166 valence electrons. The molecule has 0 spiro atoms. The first-order chi connectivity index (χ1) is 15.8. The number of hydrogen-bond donors (Lipinski definition) is 1. The quantitative estimate of drug-likeness (QED) is 0.223. The number of thiocarbonyl (C=S) groups is 1. The SMILES string of the molecule is O=C(O)C(Cc1ccccc1)N1C(=O)/C(=C\c2ccc(-c3ccc([N+](=O)[O-])cc3)o2)SC1=S. The van der Waals surface area contributed by atoms with Crippen molar-refractivity contribution in [3.05, 3.63) is 93.1 Å². The number of benzene rings is 2. The third-order valence-corrected chi connectivity index (χ3v) is 6.29. The normalized spacial score (nSPS) is 15.8. The van der Waals surface area contributed by atoms with Crippen molar-refractivity contribution in [2.75, 3.05) is 0 Å². The summed E-state index contributed by atoms with van der Waals surface area (Å²) in [5.74, 6) is -0.797. The lowest BCUT2D eigenvalue weighted by molar-refractivity contribution is -0.384. The van der Waals surface area contributed by atoms with Gasteiger partial charge < -0.3 is 9.52 Å². The van der Waals surface area contributed by atoms with Crippen LogP contribution in [-0.2, 0) is 16.0 Å². The summed E-state index contributed by atoms with van der Waals surface area (Å²) in [5.41, 5.74) is 1.39. The highest BCUT2D eigenvalue weighted by atomic mass is 32.2. The van der Waals surface area contributed by atoms with E-state index in [2.05, 4.69) is 0 Å². The Balaban J connectivity index is 1.55. The molecule has 2 heterocycles. The number of hydrogen-bond acceptors (Lipinski definition) is 7. The van der Waals surface area contributed by atoms with E-state index in [1.165, 1.54) is 18.2 Å². The molecule has 1 aliphatic rings. The molecule has 1 unspecified atom stereocenters. The van der Waals surface area contributed by atoms with Gasteiger partial charge in [-0.15, -0.1) is 0 Å². The zero-order chi connectivity index (χ0) is 23.5. The van der Waals surface area contributed by atoms with Crippen LogP contribution in [0.5, 0.6) is 0 Å². The third-order valence-electron chi connectivity index (χ3n) is 4.95. The van der Waals surface area contributed by atoms with Crippen LogP contribution < -0.4 is 0 Å². The van der Waals surface area contributed by atoms with Crippen molar-refractivity contribution in [2.45, 2.75) is 12.5 Å². The highest BCUT2D eigenvalue weighted by molar-refractivity contribution is 8.26. The Bertz CT molecular complexity index is 1270. The molecule has 2 aromatic carbocycles. The number of nitro benzene ring substituents is 1. The van der Waals surface area contributed by atoms with Gasteiger partial charge in [0.1, 0.15) is 21.9 Å². The Morgan fingerprint density at radius 1 is 1.15 bits per heavy atom. The fraction of sp³-hybridized carbons (Fsp3) is 0.0870. The molecule has 8 nitrogen and oxygen atoms in total. The molecule has 1 fully saturated rings. The zero-order valence-electron chi connectivity index (χ0n) is 16.9. The predicted octanol–water partition coefficient (Wildman–Crippen LogP) is 4.75. The second-order valence-electron chi connectivity index (χ2n) is 7.10. The highest BCUT2D eigenvalue weighted by Gasteiger charge is 2.40. The van der Waals surface area contributed by atoms with Crippen molar-refractivity contribution >= 4 is 51.9 Å². The maximum Gasteiger partial charge on any atom is 0.327 e. The van der Waals surface area contributed by atoms with Crippen LogP contribution in [0.2, 0.25) is 0 Å². The Kier molecular flexibility index (Phi) is 6.38. The maximum absolute atomic E-state index is 13.0. The van der Waals surface area contributed by atoms with Crippen LogP contribution in [-0.4, -0.2) is 37.2 Å². The minimum atomic E-state index is -1.14. The largest absolute Gasteiger partial charge is 0.480 e. The molecule has 33 heavy (non-hydrogen) atoms. The van der Waals surface area contributed by atoms with Gasteiger partial charge in [-0.25, -0.2) is 4.79 Å². The lowest BCUT2D eigenvalue weighted by Gasteiger charge is -2.23. The van der Waals surface area contributed by atoms with Gasteiger partial charge in [0.15, 0.2) is 0 Å². The van der Waals surface area contributed by atoms with Gasteiger partial charge >= 0.3 is 5.97 Å². The van der Waals surface area contributed by atoms with Gasteiger partial charge in [-0.05, 0) is 29.8 Å². The molecular weight excluding hydrogens is 464 g/mol. The highest BCUT2D eigenvalue weighted by Crippen LogP contribution is 2.35. The lowest BCUT2D eigenvalue weighted by Crippen LogP contribution is -2.45. The third kappa shape index (κ3) is 4.86. The molecule has 10 heteroatoms. The van der Waals surface area contributed by atoms with E-state index in [9.17, 15) is 24.8 Å². The molecule has 1 saturated heterocycles. The molecule has 1 aliphatic heterocycles. The second-order valence-corrected chi connectivity index (χ2v) is 8.78. The summed E-state index contributed by atoms with van der Waals surface area (Å²) in [5, 5.41) is 20.6. The van der Waals surface area contributed by atoms with Crippen molar-refractivity contribution < 1.29 is 24.0 Å². The molecule has 1 aromatic heterocycles. The molecule has 0 bridgehead atoms. The van der Waals surface area contributed by atoms with Crippen LogP contribution in [0.3, 0.4) is 0 Å². The summed E-state index contributed by atoms with van der Waals surface area (Å²) in [6.45, 7) is 0. The molecule has 3 aromatic rings. The van der Waals surface area contributed by atoms with Gasteiger partial charge in [0.2, 0.25) is 0 Å². The number of carbonyl (C=O) groups excluding carboxylic acids is 1. The van der Waals surface area contributed by atoms with Crippen LogP contribution in [0.25, 0.3) is 17.4 Å². The van der Waals surface area contributed by atoms with Crippen LogP contribution in [0.15, 0.2) is 76.1 Å². The summed E-state index contributed by atoms with van der Waals surface area (Å²) in [6, 6.07) is 17.1. The van der Waals surface area contributed by atoms with E-state index < -0.39 is 22.8 Å². The fourth-order valence-electron chi connectivity index (χ4n) is 3.34. The van der Waals surface area contributed by atoms with Crippen LogP contribution in [0, 0.1) is 10.1 Å². The number of furan rings is 1. The summed E-state index contributed by atoms with van der Waals surface area (Å²) in [4.78, 5) is 36.7. The molecule has 1 atom stereocenters. The molecule has 0 radical (unpaired) electrons. The number of aliphatic carboxylic acids is 1. The monoisotopic (exact) mass is 480 g/mol. The Hall–Kier alpha value is -3.76. The number of amides is 1. The van der Waals surface area contributed by atoms with Gasteiger partial charge in [0.05, 0.1) is 9.83 Å². The van der Waals surface area contributed by atoms with E-state index in [0.717, 1.165) is 22.2 Å². The van der Waals surface area contributed by atoms with E-state index in [-0.39, 0.29) is 21.3 Å². The van der Waals surface area contributed by atoms with E-state index in [1.54, 1.807) is 48.5 Å². The summed E-state index contributed by atoms with van der Waals surface area (Å²) < 4.78 is 5.93. The summed E-state index contributed by atoms with van der Waals surface area (Å²) in [6.07, 6.45) is 1.64. The first-order valence-electron chi connectivity index (χ1n) is 9.72. The molecule has 0 aliphatic carbocycles. The van der Waals surface area contributed by atoms with Gasteiger partial charge in [-0.1, -0.05) is 54.3 Å². The van der Waals surface area contributed by atoms with Gasteiger partial charge in [0.25, 0.3) is 11.6 Å². The number of carboxylic acid groups (broad SMARTS) is 1. The lowest BCUT2D eigenvalue weighted by atomic mass is 10.0. The number of nitro groups is 1. The zero-order valence-corrected chi connectivity index (χ0v) is 18.5. The minimum absolute atomic E-state index is 0.0299. The number of rotatable bonds is 7. The molecule has 4 rings (SSSR count). The number of carboxylic acids is 1. The van der Waals surface area contributed by atoms with Gasteiger partial charge in [-0.3, -0.25) is 19.8 Å². The van der Waals surface area contributed by atoms with Crippen LogP contribution in [0.1, 0.15) is 11.3 Å². The predicted molar refractivity (Wildman–Crippen MR) is 127 cm³/mol. The molecule has 0 saturated carbocycles. The van der Waals surface area contributed by atoms with E-state index in [1.807, 2.05) is 6.07 Å². The Labute approximate surface area is 197 Å². The van der Waals surface area contributed by atoms with Gasteiger partial charge in [0, 0.05) is 30.2 Å². The second kappa shape index (κ2) is 9.39.